The van der Waals surface area contributed by atoms with Crippen LogP contribution in [0.4, 0.5) is 9.59 Å². The minimum absolute atomic E-state index is 0.000664. The highest BCUT2D eigenvalue weighted by atomic mass is 16.6. The van der Waals surface area contributed by atoms with Crippen molar-refractivity contribution in [3.63, 3.8) is 0 Å². The molecular formula is C33H43N5O5. The second-order valence-corrected chi connectivity index (χ2v) is 13.2. The molecule has 1 aromatic carbocycles. The molecule has 0 saturated carbocycles. The number of fused-ring (bicyclic) bond motifs is 2. The third kappa shape index (κ3) is 6.08. The Labute approximate surface area is 253 Å². The van der Waals surface area contributed by atoms with E-state index in [9.17, 15) is 9.59 Å². The van der Waals surface area contributed by atoms with Crippen molar-refractivity contribution < 1.29 is 23.8 Å². The van der Waals surface area contributed by atoms with Crippen LogP contribution < -0.4 is 0 Å². The van der Waals surface area contributed by atoms with Gasteiger partial charge in [-0.15, -0.1) is 0 Å². The second-order valence-electron chi connectivity index (χ2n) is 13.2. The first kappa shape index (κ1) is 29.4. The summed E-state index contributed by atoms with van der Waals surface area (Å²) in [5.74, 6) is 0. The molecule has 3 aliphatic rings. The third-order valence-corrected chi connectivity index (χ3v) is 8.52. The fourth-order valence-corrected chi connectivity index (χ4v) is 6.55. The van der Waals surface area contributed by atoms with Gasteiger partial charge in [0.15, 0.2) is 0 Å². The SMILES string of the molecule is Cc1c[nH]c2ncc(-c3cc4c(c([C@@H]5COCCN5C(=O)OC(C)(C)C)c3)CN(C(=O)N3CC(C)OC(C)C3)CC4)cc12. The molecule has 0 radical (unpaired) electrons. The number of H-pyrrole nitrogens is 1. The van der Waals surface area contributed by atoms with E-state index in [1.165, 1.54) is 5.56 Å². The standard InChI is InChI=1S/C33H43N5O5/c1-20-14-34-30-26(20)13-25(15-35-30)24-11-23-7-8-36(31(39)37-16-21(2)42-22(3)17-37)18-28(23)27(12-24)29-19-41-10-9-38(29)32(40)43-33(4,5)6/h11-15,21-22,29H,7-10,16-19H2,1-6H3,(H,34,35)/t21?,22?,29-/m0/s1. The van der Waals surface area contributed by atoms with Gasteiger partial charge in [0.05, 0.1) is 31.5 Å². The molecule has 3 atom stereocenters. The number of benzene rings is 1. The molecule has 10 heteroatoms. The number of hydrogen-bond acceptors (Lipinski definition) is 6. The smallest absolute Gasteiger partial charge is 0.410 e. The Morgan fingerprint density at radius 2 is 1.81 bits per heavy atom. The number of aryl methyl sites for hydroxylation is 1. The molecule has 1 N–H and O–H groups in total. The van der Waals surface area contributed by atoms with Crippen molar-refractivity contribution in [1.29, 1.82) is 0 Å². The van der Waals surface area contributed by atoms with Crippen molar-refractivity contribution in [2.75, 3.05) is 39.4 Å². The summed E-state index contributed by atoms with van der Waals surface area (Å²) >= 11 is 0. The molecule has 0 bridgehead atoms. The summed E-state index contributed by atoms with van der Waals surface area (Å²) in [5.41, 5.74) is 6.67. The number of amides is 3. The lowest BCUT2D eigenvalue weighted by atomic mass is 9.87. The molecule has 43 heavy (non-hydrogen) atoms. The Morgan fingerprint density at radius 3 is 2.56 bits per heavy atom. The number of rotatable bonds is 2. The van der Waals surface area contributed by atoms with Gasteiger partial charge in [-0.1, -0.05) is 6.07 Å². The van der Waals surface area contributed by atoms with Crippen LogP contribution in [0.25, 0.3) is 22.2 Å². The largest absolute Gasteiger partial charge is 0.444 e. The second kappa shape index (κ2) is 11.5. The molecule has 0 aliphatic carbocycles. The van der Waals surface area contributed by atoms with Crippen molar-refractivity contribution in [3.8, 4) is 11.1 Å². The number of pyridine rings is 1. The van der Waals surface area contributed by atoms with Crippen LogP contribution in [-0.2, 0) is 27.2 Å². The molecule has 2 aromatic heterocycles. The summed E-state index contributed by atoms with van der Waals surface area (Å²) in [7, 11) is 0. The van der Waals surface area contributed by atoms with E-state index in [1.54, 1.807) is 4.90 Å². The zero-order chi connectivity index (χ0) is 30.5. The van der Waals surface area contributed by atoms with Gasteiger partial charge >= 0.3 is 12.1 Å². The maximum Gasteiger partial charge on any atom is 0.410 e. The molecule has 0 spiro atoms. The average molecular weight is 590 g/mol. The Hall–Kier alpha value is -3.63. The van der Waals surface area contributed by atoms with E-state index < -0.39 is 5.60 Å². The van der Waals surface area contributed by atoms with Gasteiger partial charge < -0.3 is 29.0 Å². The highest BCUT2D eigenvalue weighted by Gasteiger charge is 2.37. The number of morpholine rings is 2. The summed E-state index contributed by atoms with van der Waals surface area (Å²) in [4.78, 5) is 40.8. The first-order valence-corrected chi connectivity index (χ1v) is 15.3. The fourth-order valence-electron chi connectivity index (χ4n) is 6.55. The van der Waals surface area contributed by atoms with Crippen LogP contribution >= 0.6 is 0 Å². The van der Waals surface area contributed by atoms with Gasteiger partial charge in [-0.3, -0.25) is 4.90 Å². The third-order valence-electron chi connectivity index (χ3n) is 8.52. The minimum atomic E-state index is -0.619. The summed E-state index contributed by atoms with van der Waals surface area (Å²) < 4.78 is 17.7. The average Bonchev–Trinajstić information content (AvgIpc) is 3.34. The molecule has 3 aromatic rings. The van der Waals surface area contributed by atoms with Crippen LogP contribution in [0.15, 0.2) is 30.6 Å². The molecule has 3 aliphatic heterocycles. The van der Waals surface area contributed by atoms with Crippen molar-refractivity contribution in [1.82, 2.24) is 24.7 Å². The lowest BCUT2D eigenvalue weighted by Crippen LogP contribution is -2.53. The van der Waals surface area contributed by atoms with Crippen LogP contribution in [-0.4, -0.2) is 94.0 Å². The first-order valence-electron chi connectivity index (χ1n) is 15.3. The lowest BCUT2D eigenvalue weighted by molar-refractivity contribution is -0.0586. The van der Waals surface area contributed by atoms with Gasteiger partial charge in [0, 0.05) is 56.1 Å². The van der Waals surface area contributed by atoms with Crippen LogP contribution in [0.5, 0.6) is 0 Å². The Morgan fingerprint density at radius 1 is 1.05 bits per heavy atom. The first-order chi connectivity index (χ1) is 20.5. The monoisotopic (exact) mass is 589 g/mol. The van der Waals surface area contributed by atoms with Gasteiger partial charge in [0.1, 0.15) is 11.2 Å². The van der Waals surface area contributed by atoms with Gasteiger partial charge in [0.25, 0.3) is 0 Å². The van der Waals surface area contributed by atoms with E-state index in [0.717, 1.165) is 45.3 Å². The van der Waals surface area contributed by atoms with E-state index >= 15 is 0 Å². The van der Waals surface area contributed by atoms with Crippen molar-refractivity contribution in [3.05, 3.63) is 52.8 Å². The number of carbonyl (C=O) groups excluding carboxylic acids is 2. The number of aromatic amines is 1. The molecule has 2 saturated heterocycles. The predicted octanol–water partition coefficient (Wildman–Crippen LogP) is 5.43. The quantitative estimate of drug-likeness (QED) is 0.428. The van der Waals surface area contributed by atoms with Crippen molar-refractivity contribution >= 4 is 23.2 Å². The Balaban J connectivity index is 1.40. The highest BCUT2D eigenvalue weighted by molar-refractivity contribution is 5.85. The molecular weight excluding hydrogens is 546 g/mol. The van der Waals surface area contributed by atoms with E-state index in [1.807, 2.05) is 56.8 Å². The minimum Gasteiger partial charge on any atom is -0.444 e. The number of carbonyl (C=O) groups is 2. The number of nitrogens with one attached hydrogen (secondary N) is 1. The fraction of sp³-hybridized carbons (Fsp3) is 0.545. The predicted molar refractivity (Wildman–Crippen MR) is 164 cm³/mol. The maximum atomic E-state index is 13.8. The zero-order valence-electron chi connectivity index (χ0n) is 26.1. The van der Waals surface area contributed by atoms with Crippen molar-refractivity contribution in [2.45, 2.75) is 78.4 Å². The molecule has 230 valence electrons. The zero-order valence-corrected chi connectivity index (χ0v) is 26.1. The molecule has 6 rings (SSSR count). The van der Waals surface area contributed by atoms with Gasteiger partial charge in [-0.05, 0) is 87.9 Å². The normalized spacial score (nSPS) is 22.9. The summed E-state index contributed by atoms with van der Waals surface area (Å²) in [5, 5.41) is 1.08. The Kier molecular flexibility index (Phi) is 7.85. The van der Waals surface area contributed by atoms with Crippen LogP contribution in [0.3, 0.4) is 0 Å². The van der Waals surface area contributed by atoms with Gasteiger partial charge in [-0.25, -0.2) is 14.6 Å². The van der Waals surface area contributed by atoms with E-state index in [4.69, 9.17) is 14.2 Å². The number of aromatic nitrogens is 2. The molecule has 3 amide bonds. The number of hydrogen-bond donors (Lipinski definition) is 1. The van der Waals surface area contributed by atoms with E-state index in [-0.39, 0.29) is 30.4 Å². The van der Waals surface area contributed by atoms with Crippen LogP contribution in [0.2, 0.25) is 0 Å². The maximum absolute atomic E-state index is 13.8. The molecule has 5 heterocycles. The number of nitrogens with zero attached hydrogens (tertiary/aromatic N) is 4. The van der Waals surface area contributed by atoms with Crippen LogP contribution in [0, 0.1) is 6.92 Å². The topological polar surface area (TPSA) is 100 Å². The molecule has 2 fully saturated rings. The summed E-state index contributed by atoms with van der Waals surface area (Å²) in [6, 6.07) is 6.24. The summed E-state index contributed by atoms with van der Waals surface area (Å²) in [6.07, 6.45) is 4.23. The highest BCUT2D eigenvalue weighted by Crippen LogP contribution is 2.37. The number of urea groups is 1. The Bertz CT molecular complexity index is 1520. The summed E-state index contributed by atoms with van der Waals surface area (Å²) in [6.45, 7) is 15.2. The molecule has 2 unspecified atom stereocenters. The van der Waals surface area contributed by atoms with Crippen molar-refractivity contribution in [2.24, 2.45) is 0 Å². The molecule has 10 nitrogen and oxygen atoms in total. The van der Waals surface area contributed by atoms with E-state index in [2.05, 4.69) is 35.1 Å². The van der Waals surface area contributed by atoms with Gasteiger partial charge in [0.2, 0.25) is 0 Å². The van der Waals surface area contributed by atoms with Gasteiger partial charge in [-0.2, -0.15) is 0 Å². The number of ether oxygens (including phenoxy) is 3. The van der Waals surface area contributed by atoms with Crippen LogP contribution in [0.1, 0.15) is 62.9 Å². The lowest BCUT2D eigenvalue weighted by Gasteiger charge is -2.41. The van der Waals surface area contributed by atoms with E-state index in [0.29, 0.717) is 45.9 Å².